The number of carbonyl (C=O) groups is 1. The van der Waals surface area contributed by atoms with Gasteiger partial charge in [-0.05, 0) is 40.8 Å². The molecule has 1 heterocycles. The topological polar surface area (TPSA) is 81.9 Å². The predicted molar refractivity (Wildman–Crippen MR) is 101 cm³/mol. The summed E-state index contributed by atoms with van der Waals surface area (Å²) >= 11 is 1.33. The molecule has 3 atom stereocenters. The minimum atomic E-state index is 0.0236. The van der Waals surface area contributed by atoms with Crippen molar-refractivity contribution in [3.05, 3.63) is 24.3 Å². The lowest BCUT2D eigenvalue weighted by Crippen LogP contribution is -2.44. The maximum atomic E-state index is 12.4. The number of methoxy groups -OCH3 is 1. The molecule has 1 N–H and O–H groups in total. The molecule has 140 valence electrons. The molecule has 0 unspecified atom stereocenters. The molecule has 1 aliphatic rings. The molecule has 0 spiro atoms. The van der Waals surface area contributed by atoms with Crippen molar-refractivity contribution in [3.8, 4) is 11.4 Å². The summed E-state index contributed by atoms with van der Waals surface area (Å²) in [6.07, 6.45) is 3.48. The molecule has 0 aliphatic heterocycles. The first-order valence-corrected chi connectivity index (χ1v) is 9.92. The number of rotatable bonds is 6. The van der Waals surface area contributed by atoms with E-state index in [0.29, 0.717) is 22.7 Å². The Labute approximate surface area is 157 Å². The van der Waals surface area contributed by atoms with Crippen molar-refractivity contribution in [3.63, 3.8) is 0 Å². The molecule has 7 nitrogen and oxygen atoms in total. The number of thioether (sulfide) groups is 1. The van der Waals surface area contributed by atoms with Gasteiger partial charge >= 0.3 is 0 Å². The third-order valence-electron chi connectivity index (χ3n) is 5.14. The largest absolute Gasteiger partial charge is 0.494 e. The minimum absolute atomic E-state index is 0.0236. The summed E-state index contributed by atoms with van der Waals surface area (Å²) in [6.45, 7) is 4.49. The first-order chi connectivity index (χ1) is 12.6. The van der Waals surface area contributed by atoms with Crippen LogP contribution in [-0.4, -0.2) is 45.0 Å². The van der Waals surface area contributed by atoms with Gasteiger partial charge in [0.2, 0.25) is 11.1 Å². The number of benzene rings is 1. The second-order valence-electron chi connectivity index (χ2n) is 6.78. The van der Waals surface area contributed by atoms with Gasteiger partial charge in [-0.2, -0.15) is 4.68 Å². The van der Waals surface area contributed by atoms with E-state index < -0.39 is 0 Å². The van der Waals surface area contributed by atoms with E-state index in [1.807, 2.05) is 24.3 Å². The third kappa shape index (κ3) is 4.17. The van der Waals surface area contributed by atoms with Gasteiger partial charge in [-0.25, -0.2) is 0 Å². The zero-order valence-electron chi connectivity index (χ0n) is 15.4. The molecule has 1 aromatic heterocycles. The van der Waals surface area contributed by atoms with Crippen LogP contribution < -0.4 is 10.1 Å². The number of hydrogen-bond donors (Lipinski definition) is 1. The van der Waals surface area contributed by atoms with E-state index in [2.05, 4.69) is 34.7 Å². The molecule has 0 saturated heterocycles. The number of nitrogens with zero attached hydrogens (tertiary/aromatic N) is 4. The SMILES string of the molecule is COc1ccccc1-n1nnnc1SCC(=O)N[C@@H]1CCC[C@@H](C)[C@@H]1C. The van der Waals surface area contributed by atoms with Crippen LogP contribution in [0.15, 0.2) is 29.4 Å². The van der Waals surface area contributed by atoms with E-state index in [1.54, 1.807) is 11.8 Å². The predicted octanol–water partition coefficient (Wildman–Crippen LogP) is 2.70. The lowest BCUT2D eigenvalue weighted by atomic mass is 9.78. The van der Waals surface area contributed by atoms with E-state index in [-0.39, 0.29) is 17.7 Å². The van der Waals surface area contributed by atoms with Gasteiger partial charge in [-0.3, -0.25) is 4.79 Å². The summed E-state index contributed by atoms with van der Waals surface area (Å²) < 4.78 is 6.97. The molecule has 8 heteroatoms. The van der Waals surface area contributed by atoms with Crippen molar-refractivity contribution >= 4 is 17.7 Å². The van der Waals surface area contributed by atoms with Crippen molar-refractivity contribution in [1.29, 1.82) is 0 Å². The molecular formula is C18H25N5O2S. The Kier molecular flexibility index (Phi) is 6.13. The lowest BCUT2D eigenvalue weighted by molar-refractivity contribution is -0.120. The quantitative estimate of drug-likeness (QED) is 0.782. The highest BCUT2D eigenvalue weighted by atomic mass is 32.2. The lowest BCUT2D eigenvalue weighted by Gasteiger charge is -2.34. The second kappa shape index (κ2) is 8.53. The van der Waals surface area contributed by atoms with Crippen LogP contribution in [0, 0.1) is 11.8 Å². The zero-order chi connectivity index (χ0) is 18.5. The Bertz CT molecular complexity index is 751. The standard InChI is InChI=1S/C18H25N5O2S/c1-12-7-6-8-14(13(12)2)19-17(24)11-26-18-20-21-22-23(18)15-9-4-5-10-16(15)25-3/h4-5,9-10,12-14H,6-8,11H2,1-3H3,(H,19,24)/t12-,13+,14-/m1/s1. The molecule has 0 bridgehead atoms. The molecule has 3 rings (SSSR count). The van der Waals surface area contributed by atoms with Crippen LogP contribution in [0.2, 0.25) is 0 Å². The summed E-state index contributed by atoms with van der Waals surface area (Å²) in [6, 6.07) is 7.77. The fourth-order valence-electron chi connectivity index (χ4n) is 3.39. The Morgan fingerprint density at radius 3 is 2.96 bits per heavy atom. The van der Waals surface area contributed by atoms with Gasteiger partial charge in [0.25, 0.3) is 0 Å². The van der Waals surface area contributed by atoms with Crippen LogP contribution >= 0.6 is 11.8 Å². The molecule has 1 saturated carbocycles. The normalized spacial score (nSPS) is 22.8. The van der Waals surface area contributed by atoms with Gasteiger partial charge in [0.1, 0.15) is 11.4 Å². The summed E-state index contributed by atoms with van der Waals surface area (Å²) in [4.78, 5) is 12.4. The maximum Gasteiger partial charge on any atom is 0.230 e. The van der Waals surface area contributed by atoms with Crippen LogP contribution in [0.25, 0.3) is 5.69 Å². The number of para-hydroxylation sites is 2. The molecule has 0 radical (unpaired) electrons. The van der Waals surface area contributed by atoms with Crippen molar-refractivity contribution in [2.24, 2.45) is 11.8 Å². The Hall–Kier alpha value is -2.09. The molecule has 1 aromatic carbocycles. The van der Waals surface area contributed by atoms with E-state index >= 15 is 0 Å². The second-order valence-corrected chi connectivity index (χ2v) is 7.72. The third-order valence-corrected chi connectivity index (χ3v) is 6.06. The number of carbonyl (C=O) groups excluding carboxylic acids is 1. The summed E-state index contributed by atoms with van der Waals surface area (Å²) in [5, 5.41) is 15.6. The summed E-state index contributed by atoms with van der Waals surface area (Å²) in [5.74, 6) is 2.15. The van der Waals surface area contributed by atoms with Crippen LogP contribution in [0.4, 0.5) is 0 Å². The van der Waals surface area contributed by atoms with E-state index in [9.17, 15) is 4.79 Å². The van der Waals surface area contributed by atoms with Crippen molar-refractivity contribution in [2.45, 2.75) is 44.3 Å². The van der Waals surface area contributed by atoms with Gasteiger partial charge in [0, 0.05) is 6.04 Å². The van der Waals surface area contributed by atoms with Gasteiger partial charge in [-0.1, -0.05) is 50.6 Å². The van der Waals surface area contributed by atoms with Crippen molar-refractivity contribution < 1.29 is 9.53 Å². The summed E-state index contributed by atoms with van der Waals surface area (Å²) in [5.41, 5.74) is 0.748. The van der Waals surface area contributed by atoms with Crippen molar-refractivity contribution in [1.82, 2.24) is 25.5 Å². The number of amides is 1. The Morgan fingerprint density at radius 2 is 2.15 bits per heavy atom. The van der Waals surface area contributed by atoms with Crippen molar-refractivity contribution in [2.75, 3.05) is 12.9 Å². The number of nitrogens with one attached hydrogen (secondary N) is 1. The van der Waals surface area contributed by atoms with E-state index in [1.165, 1.54) is 24.6 Å². The van der Waals surface area contributed by atoms with Gasteiger partial charge in [0.15, 0.2) is 0 Å². The first kappa shape index (κ1) is 18.7. The smallest absolute Gasteiger partial charge is 0.230 e. The minimum Gasteiger partial charge on any atom is -0.494 e. The van der Waals surface area contributed by atoms with Crippen LogP contribution in [-0.2, 0) is 4.79 Å². The summed E-state index contributed by atoms with van der Waals surface area (Å²) in [7, 11) is 1.61. The number of hydrogen-bond acceptors (Lipinski definition) is 6. The molecular weight excluding hydrogens is 350 g/mol. The average molecular weight is 375 g/mol. The van der Waals surface area contributed by atoms with E-state index in [4.69, 9.17) is 4.74 Å². The Balaban J connectivity index is 1.62. The monoisotopic (exact) mass is 375 g/mol. The average Bonchev–Trinajstić information content (AvgIpc) is 3.12. The van der Waals surface area contributed by atoms with Gasteiger partial charge in [-0.15, -0.1) is 5.10 Å². The molecule has 1 amide bonds. The van der Waals surface area contributed by atoms with Crippen LogP contribution in [0.3, 0.4) is 0 Å². The van der Waals surface area contributed by atoms with Gasteiger partial charge in [0.05, 0.1) is 12.9 Å². The van der Waals surface area contributed by atoms with Crippen LogP contribution in [0.1, 0.15) is 33.1 Å². The van der Waals surface area contributed by atoms with Gasteiger partial charge < -0.3 is 10.1 Å². The molecule has 1 aliphatic carbocycles. The number of tetrazole rings is 1. The molecule has 2 aromatic rings. The first-order valence-electron chi connectivity index (χ1n) is 8.94. The fourth-order valence-corrected chi connectivity index (χ4v) is 4.08. The van der Waals surface area contributed by atoms with E-state index in [0.717, 1.165) is 12.1 Å². The highest BCUT2D eigenvalue weighted by Crippen LogP contribution is 2.30. The maximum absolute atomic E-state index is 12.4. The van der Waals surface area contributed by atoms with Crippen LogP contribution in [0.5, 0.6) is 5.75 Å². The molecule has 1 fully saturated rings. The zero-order valence-corrected chi connectivity index (χ0v) is 16.2. The number of aromatic nitrogens is 4. The fraction of sp³-hybridized carbons (Fsp3) is 0.556. The Morgan fingerprint density at radius 1 is 1.35 bits per heavy atom. The highest BCUT2D eigenvalue weighted by Gasteiger charge is 2.28. The number of ether oxygens (including phenoxy) is 1. The molecule has 26 heavy (non-hydrogen) atoms. The highest BCUT2D eigenvalue weighted by molar-refractivity contribution is 7.99.